The number of para-hydroxylation sites is 2. The predicted molar refractivity (Wildman–Crippen MR) is 125 cm³/mol. The van der Waals surface area contributed by atoms with Gasteiger partial charge in [-0.1, -0.05) is 76.1 Å². The number of hydrogen-bond acceptors (Lipinski definition) is 3. The van der Waals surface area contributed by atoms with Crippen molar-refractivity contribution in [3.05, 3.63) is 99.2 Å². The molecule has 0 saturated heterocycles. The molecule has 0 aliphatic carbocycles. The molecule has 1 heterocycles. The van der Waals surface area contributed by atoms with Gasteiger partial charge in [-0.2, -0.15) is 0 Å². The second-order valence-electron chi connectivity index (χ2n) is 6.86. The van der Waals surface area contributed by atoms with Crippen LogP contribution in [0.4, 0.5) is 5.69 Å². The highest BCUT2D eigenvalue weighted by atomic mass is 79.9. The largest absolute Gasteiger partial charge is 0.449 e. The number of ether oxygens (including phenoxy) is 1. The van der Waals surface area contributed by atoms with Crippen molar-refractivity contribution in [1.29, 1.82) is 0 Å². The van der Waals surface area contributed by atoms with Gasteiger partial charge in [-0.25, -0.2) is 0 Å². The van der Waals surface area contributed by atoms with Gasteiger partial charge in [0.05, 0.1) is 5.69 Å². The van der Waals surface area contributed by atoms with E-state index in [0.717, 1.165) is 15.6 Å². The zero-order valence-electron chi connectivity index (χ0n) is 16.3. The van der Waals surface area contributed by atoms with Crippen LogP contribution in [0.1, 0.15) is 11.1 Å². The maximum atomic E-state index is 13.2. The molecule has 2 amide bonds. The molecular formula is C24H18BrClN2O3. The lowest BCUT2D eigenvalue weighted by Gasteiger charge is -2.30. The molecule has 1 aliphatic rings. The number of carbonyl (C=O) groups is 2. The molecule has 0 spiro atoms. The number of amides is 2. The van der Waals surface area contributed by atoms with Gasteiger partial charge >= 0.3 is 0 Å². The summed E-state index contributed by atoms with van der Waals surface area (Å²) in [6, 6.07) is 22.0. The monoisotopic (exact) mass is 496 g/mol. The Morgan fingerprint density at radius 2 is 1.74 bits per heavy atom. The average molecular weight is 498 g/mol. The van der Waals surface area contributed by atoms with Crippen LogP contribution in [0.25, 0.3) is 6.08 Å². The normalized spacial score (nSPS) is 14.2. The third-order valence-corrected chi connectivity index (χ3v) is 5.85. The van der Waals surface area contributed by atoms with Crippen LogP contribution in [0.3, 0.4) is 0 Å². The molecule has 3 aromatic rings. The van der Waals surface area contributed by atoms with Gasteiger partial charge in [0.1, 0.15) is 6.54 Å². The summed E-state index contributed by atoms with van der Waals surface area (Å²) >= 11 is 9.63. The molecule has 4 rings (SSSR count). The first-order valence-electron chi connectivity index (χ1n) is 9.58. The van der Waals surface area contributed by atoms with Gasteiger partial charge < -0.3 is 10.1 Å². The van der Waals surface area contributed by atoms with E-state index in [-0.39, 0.29) is 30.7 Å². The lowest BCUT2D eigenvalue weighted by Crippen LogP contribution is -2.44. The van der Waals surface area contributed by atoms with Crippen molar-refractivity contribution < 1.29 is 14.3 Å². The fraction of sp³-hybridized carbons (Fsp3) is 0.0833. The molecule has 156 valence electrons. The number of fused-ring (bicyclic) bond motifs is 1. The molecule has 0 unspecified atom stereocenters. The summed E-state index contributed by atoms with van der Waals surface area (Å²) in [5, 5.41) is 3.41. The summed E-state index contributed by atoms with van der Waals surface area (Å²) < 4.78 is 6.69. The molecule has 7 heteroatoms. The van der Waals surface area contributed by atoms with Crippen molar-refractivity contribution in [2.24, 2.45) is 0 Å². The zero-order chi connectivity index (χ0) is 21.8. The Morgan fingerprint density at radius 1 is 1.03 bits per heavy atom. The number of benzene rings is 3. The van der Waals surface area contributed by atoms with E-state index in [1.54, 1.807) is 30.3 Å². The summed E-state index contributed by atoms with van der Waals surface area (Å²) in [6.07, 6.45) is 1.66. The third kappa shape index (κ3) is 4.81. The summed E-state index contributed by atoms with van der Waals surface area (Å²) in [4.78, 5) is 27.3. The Kier molecular flexibility index (Phi) is 6.39. The van der Waals surface area contributed by atoms with Crippen LogP contribution in [-0.2, 0) is 16.1 Å². The van der Waals surface area contributed by atoms with Crippen molar-refractivity contribution in [2.75, 3.05) is 11.4 Å². The molecule has 1 N–H and O–H groups in total. The van der Waals surface area contributed by atoms with Crippen molar-refractivity contribution in [3.8, 4) is 5.75 Å². The molecule has 0 radical (unpaired) electrons. The van der Waals surface area contributed by atoms with Crippen LogP contribution in [0.15, 0.2) is 83.0 Å². The zero-order valence-corrected chi connectivity index (χ0v) is 18.7. The van der Waals surface area contributed by atoms with Crippen molar-refractivity contribution in [1.82, 2.24) is 5.32 Å². The van der Waals surface area contributed by atoms with Crippen LogP contribution >= 0.6 is 27.5 Å². The summed E-state index contributed by atoms with van der Waals surface area (Å²) in [7, 11) is 0. The highest BCUT2D eigenvalue weighted by Crippen LogP contribution is 2.35. The highest BCUT2D eigenvalue weighted by Gasteiger charge is 2.31. The highest BCUT2D eigenvalue weighted by molar-refractivity contribution is 9.10. The number of carbonyl (C=O) groups excluding carboxylic acids is 2. The molecule has 0 aromatic heterocycles. The van der Waals surface area contributed by atoms with Crippen LogP contribution in [0, 0.1) is 0 Å². The first-order chi connectivity index (χ1) is 15.0. The Morgan fingerprint density at radius 3 is 2.55 bits per heavy atom. The van der Waals surface area contributed by atoms with Gasteiger partial charge in [-0.15, -0.1) is 0 Å². The van der Waals surface area contributed by atoms with Crippen molar-refractivity contribution in [3.63, 3.8) is 0 Å². The van der Waals surface area contributed by atoms with Crippen molar-refractivity contribution in [2.45, 2.75) is 6.54 Å². The second kappa shape index (κ2) is 9.37. The van der Waals surface area contributed by atoms with E-state index < -0.39 is 0 Å². The third-order valence-electron chi connectivity index (χ3n) is 4.76. The number of nitrogens with zero attached hydrogens (tertiary/aromatic N) is 1. The van der Waals surface area contributed by atoms with E-state index >= 15 is 0 Å². The SMILES string of the molecule is O=C(CN1C(=O)/C(=C\c2ccccc2Br)Oc2ccccc21)NCc1ccccc1Cl. The van der Waals surface area contributed by atoms with E-state index in [1.165, 1.54) is 4.90 Å². The number of rotatable bonds is 5. The van der Waals surface area contributed by atoms with E-state index in [1.807, 2.05) is 48.5 Å². The molecule has 0 saturated carbocycles. The van der Waals surface area contributed by atoms with E-state index in [9.17, 15) is 9.59 Å². The molecule has 0 atom stereocenters. The minimum atomic E-state index is -0.387. The van der Waals surface area contributed by atoms with Gasteiger partial charge in [0.15, 0.2) is 11.5 Å². The molecular weight excluding hydrogens is 480 g/mol. The Hall–Kier alpha value is -3.09. The second-order valence-corrected chi connectivity index (χ2v) is 8.12. The standard InChI is InChI=1S/C24H18BrClN2O3/c25-18-9-3-1-7-16(18)13-22-24(30)28(20-11-5-6-12-21(20)31-22)15-23(29)27-14-17-8-2-4-10-19(17)26/h1-13H,14-15H2,(H,27,29)/b22-13+. The van der Waals surface area contributed by atoms with Gasteiger partial charge in [-0.05, 0) is 41.5 Å². The first-order valence-corrected chi connectivity index (χ1v) is 10.7. The van der Waals surface area contributed by atoms with Crippen LogP contribution < -0.4 is 15.0 Å². The van der Waals surface area contributed by atoms with E-state index in [0.29, 0.717) is 16.5 Å². The number of nitrogens with one attached hydrogen (secondary N) is 1. The lowest BCUT2D eigenvalue weighted by molar-refractivity contribution is -0.123. The predicted octanol–water partition coefficient (Wildman–Crippen LogP) is 5.19. The Labute approximate surface area is 193 Å². The molecule has 0 fully saturated rings. The maximum Gasteiger partial charge on any atom is 0.294 e. The average Bonchev–Trinajstić information content (AvgIpc) is 2.77. The summed E-state index contributed by atoms with van der Waals surface area (Å²) in [5.41, 5.74) is 2.15. The fourth-order valence-corrected chi connectivity index (χ4v) is 3.79. The first kappa shape index (κ1) is 21.2. The van der Waals surface area contributed by atoms with Crippen LogP contribution in [0.2, 0.25) is 5.02 Å². The number of halogens is 2. The summed E-state index contributed by atoms with van der Waals surface area (Å²) in [5.74, 6) is -0.0311. The van der Waals surface area contributed by atoms with Gasteiger partial charge in [0.25, 0.3) is 5.91 Å². The minimum absolute atomic E-state index is 0.142. The topological polar surface area (TPSA) is 58.6 Å². The molecule has 0 bridgehead atoms. The molecule has 3 aromatic carbocycles. The quantitative estimate of drug-likeness (QED) is 0.494. The molecule has 1 aliphatic heterocycles. The smallest absolute Gasteiger partial charge is 0.294 e. The van der Waals surface area contributed by atoms with Gasteiger partial charge in [0, 0.05) is 16.0 Å². The van der Waals surface area contributed by atoms with Crippen LogP contribution in [0.5, 0.6) is 5.75 Å². The lowest BCUT2D eigenvalue weighted by atomic mass is 10.1. The molecule has 5 nitrogen and oxygen atoms in total. The fourth-order valence-electron chi connectivity index (χ4n) is 3.19. The maximum absolute atomic E-state index is 13.2. The number of hydrogen-bond donors (Lipinski definition) is 1. The Balaban J connectivity index is 1.57. The van der Waals surface area contributed by atoms with Crippen molar-refractivity contribution >= 4 is 51.1 Å². The summed E-state index contributed by atoms with van der Waals surface area (Å²) in [6.45, 7) is 0.134. The van der Waals surface area contributed by atoms with E-state index in [2.05, 4.69) is 21.2 Å². The van der Waals surface area contributed by atoms with E-state index in [4.69, 9.17) is 16.3 Å². The molecule has 31 heavy (non-hydrogen) atoms. The minimum Gasteiger partial charge on any atom is -0.449 e. The van der Waals surface area contributed by atoms with Gasteiger partial charge in [-0.3, -0.25) is 14.5 Å². The number of anilines is 1. The van der Waals surface area contributed by atoms with Crippen LogP contribution in [-0.4, -0.2) is 18.4 Å². The Bertz CT molecular complexity index is 1180. The van der Waals surface area contributed by atoms with Gasteiger partial charge in [0.2, 0.25) is 5.91 Å².